The van der Waals surface area contributed by atoms with Crippen molar-refractivity contribution in [2.24, 2.45) is 0 Å². The molecule has 0 aromatic carbocycles. The molecule has 0 aromatic heterocycles. The molecule has 0 heterocycles. The summed E-state index contributed by atoms with van der Waals surface area (Å²) in [4.78, 5) is 0. The molecule has 0 saturated carbocycles. The number of hydrogen-bond acceptors (Lipinski definition) is 0. The van der Waals surface area contributed by atoms with Crippen LogP contribution in [-0.2, 0) is 27.6 Å². The van der Waals surface area contributed by atoms with Crippen molar-refractivity contribution >= 4 is 64.1 Å². The van der Waals surface area contributed by atoms with Gasteiger partial charge in [0.1, 0.15) is 0 Å². The van der Waals surface area contributed by atoms with Gasteiger partial charge in [-0.2, -0.15) is 0 Å². The van der Waals surface area contributed by atoms with E-state index in [1.165, 1.54) is 0 Å². The van der Waals surface area contributed by atoms with Crippen molar-refractivity contribution in [2.45, 2.75) is 0 Å². The third-order valence-corrected chi connectivity index (χ3v) is 0. The van der Waals surface area contributed by atoms with Gasteiger partial charge in [-0.3, -0.25) is 0 Å². The summed E-state index contributed by atoms with van der Waals surface area (Å²) in [6.45, 7) is 0. The zero-order valence-electron chi connectivity index (χ0n) is 2.11. The standard InChI is InChI=1S/2Ag.2BrH.2HI/h;;4*1H/q2*+2;;;;/p-4. The molecular formula is Ag2Br2I2. The monoisotopic (exact) mass is 625 g/mol. The Hall–Kier alpha value is 3.90. The third-order valence-electron chi connectivity index (χ3n) is 0. The van der Waals surface area contributed by atoms with E-state index in [9.17, 15) is 0 Å². The van der Waals surface area contributed by atoms with E-state index in [4.69, 9.17) is 0 Å². The normalized spacial score (nSPS) is 7.33. The van der Waals surface area contributed by atoms with Crippen LogP contribution in [0.3, 0.4) is 0 Å². The molecule has 0 spiro atoms. The van der Waals surface area contributed by atoms with Crippen molar-refractivity contribution in [3.8, 4) is 0 Å². The first-order valence-electron chi connectivity index (χ1n) is 0.456. The first kappa shape index (κ1) is 12.6. The van der Waals surface area contributed by atoms with Crippen LogP contribution in [0, 0.1) is 0 Å². The van der Waals surface area contributed by atoms with Crippen LogP contribution in [0.15, 0.2) is 0 Å². The third kappa shape index (κ3) is 24.7. The summed E-state index contributed by atoms with van der Waals surface area (Å²) in [5.41, 5.74) is 0. The van der Waals surface area contributed by atoms with E-state index in [0.29, 0.717) is 0 Å². The molecule has 0 aromatic rings. The van der Waals surface area contributed by atoms with Crippen molar-refractivity contribution in [1.29, 1.82) is 0 Å². The molecule has 0 N–H and O–H groups in total. The van der Waals surface area contributed by atoms with Crippen LogP contribution in [0.25, 0.3) is 0 Å². The van der Waals surface area contributed by atoms with Crippen LogP contribution in [0.5, 0.6) is 0 Å². The van der Waals surface area contributed by atoms with E-state index < -0.39 is 0 Å². The van der Waals surface area contributed by atoms with Crippen LogP contribution < -0.4 is 0 Å². The summed E-state index contributed by atoms with van der Waals surface area (Å²) >= 11 is 12.5. The molecular weight excluding hydrogens is 629 g/mol. The molecule has 0 amide bonds. The van der Waals surface area contributed by atoms with E-state index in [-0.39, 0.29) is 0 Å². The van der Waals surface area contributed by atoms with E-state index in [0.717, 1.165) is 27.6 Å². The summed E-state index contributed by atoms with van der Waals surface area (Å²) < 4.78 is 0. The summed E-state index contributed by atoms with van der Waals surface area (Å²) in [6, 6.07) is 0. The van der Waals surface area contributed by atoms with Gasteiger partial charge in [-0.25, -0.2) is 0 Å². The maximum atomic E-state index is 3.16. The minimum atomic E-state index is 0.852. The van der Waals surface area contributed by atoms with Crippen molar-refractivity contribution < 1.29 is 27.6 Å². The molecule has 0 bridgehead atoms. The minimum absolute atomic E-state index is 0.852. The molecule has 0 fully saturated rings. The number of hydrogen-bond donors (Lipinski definition) is 0. The summed E-state index contributed by atoms with van der Waals surface area (Å²) in [5.74, 6) is 0. The second kappa shape index (κ2) is 16.0. The zero-order valence-corrected chi connectivity index (χ0v) is 12.6. The van der Waals surface area contributed by atoms with Gasteiger partial charge < -0.3 is 0 Å². The van der Waals surface area contributed by atoms with Crippen molar-refractivity contribution in [1.82, 2.24) is 0 Å². The van der Waals surface area contributed by atoms with Crippen LogP contribution in [0.4, 0.5) is 0 Å². The molecule has 0 aliphatic heterocycles. The molecule has 0 atom stereocenters. The predicted molar refractivity (Wildman–Crippen MR) is 45.9 cm³/mol. The van der Waals surface area contributed by atoms with E-state index in [1.54, 1.807) is 0 Å². The number of halogens is 4. The fourth-order valence-corrected chi connectivity index (χ4v) is 0. The van der Waals surface area contributed by atoms with Gasteiger partial charge in [0.15, 0.2) is 0 Å². The molecule has 0 nitrogen and oxygen atoms in total. The average Bonchev–Trinajstić information content (AvgIpc) is 1.39. The fourth-order valence-electron chi connectivity index (χ4n) is 0. The Kier molecular flexibility index (Phi) is 33.4. The Morgan fingerprint density at radius 1 is 1.00 bits per heavy atom. The van der Waals surface area contributed by atoms with Gasteiger partial charge in [0, 0.05) is 0 Å². The van der Waals surface area contributed by atoms with Gasteiger partial charge >= 0.3 is 91.7 Å². The average molecular weight is 629 g/mol. The van der Waals surface area contributed by atoms with Crippen LogP contribution in [0.2, 0.25) is 0 Å². The molecule has 0 aliphatic carbocycles. The van der Waals surface area contributed by atoms with Gasteiger partial charge in [0.05, 0.1) is 0 Å². The predicted octanol–water partition coefficient (Wildman–Crippen LogP) is 3.46. The second-order valence-electron chi connectivity index (χ2n) is 0.0861. The first-order chi connectivity index (χ1) is 2.83. The Labute approximate surface area is 89.0 Å². The Balaban J connectivity index is 0. The second-order valence-corrected chi connectivity index (χ2v) is 17.8. The van der Waals surface area contributed by atoms with E-state index in [2.05, 4.69) is 64.1 Å². The van der Waals surface area contributed by atoms with Gasteiger partial charge in [0.2, 0.25) is 0 Å². The Morgan fingerprint density at radius 2 is 1.00 bits per heavy atom. The first-order valence-corrected chi connectivity index (χ1v) is 16.1. The molecule has 0 saturated heterocycles. The maximum absolute atomic E-state index is 3.16. The molecule has 6 heavy (non-hydrogen) atoms. The van der Waals surface area contributed by atoms with E-state index >= 15 is 0 Å². The topological polar surface area (TPSA) is 0 Å². The molecule has 6 heteroatoms. The van der Waals surface area contributed by atoms with E-state index in [1.807, 2.05) is 0 Å². The van der Waals surface area contributed by atoms with Gasteiger partial charge in [-0.05, 0) is 0 Å². The number of rotatable bonds is 0. The van der Waals surface area contributed by atoms with Gasteiger partial charge in [0.25, 0.3) is 0 Å². The summed E-state index contributed by atoms with van der Waals surface area (Å²) in [5, 5.41) is 0. The molecule has 50 valence electrons. The zero-order chi connectivity index (χ0) is 5.41. The summed E-state index contributed by atoms with van der Waals surface area (Å²) in [7, 11) is 0. The van der Waals surface area contributed by atoms with Gasteiger partial charge in [-0.1, -0.05) is 0 Å². The van der Waals surface area contributed by atoms with Crippen LogP contribution in [-0.4, -0.2) is 0 Å². The Morgan fingerprint density at radius 3 is 1.00 bits per heavy atom. The van der Waals surface area contributed by atoms with Crippen molar-refractivity contribution in [3.05, 3.63) is 0 Å². The Bertz CT molecular complexity index is 11.5. The fraction of sp³-hybridized carbons (Fsp3) is 0. The molecule has 0 radical (unpaired) electrons. The van der Waals surface area contributed by atoms with Crippen molar-refractivity contribution in [3.63, 3.8) is 0 Å². The summed E-state index contributed by atoms with van der Waals surface area (Å²) in [6.07, 6.45) is 0. The van der Waals surface area contributed by atoms with Crippen LogP contribution in [0.1, 0.15) is 0 Å². The molecule has 0 unspecified atom stereocenters. The van der Waals surface area contributed by atoms with Crippen LogP contribution >= 0.6 is 64.1 Å². The molecule has 0 aliphatic rings. The quantitative estimate of drug-likeness (QED) is 0.285. The van der Waals surface area contributed by atoms with Crippen molar-refractivity contribution in [2.75, 3.05) is 0 Å². The SMILES string of the molecule is [Br][Ag][I].[Br][Ag][I]. The molecule has 0 rings (SSSR count). The van der Waals surface area contributed by atoms with Gasteiger partial charge in [-0.15, -0.1) is 0 Å².